The van der Waals surface area contributed by atoms with Crippen molar-refractivity contribution in [2.24, 2.45) is 11.7 Å². The predicted molar refractivity (Wildman–Crippen MR) is 77.2 cm³/mol. The highest BCUT2D eigenvalue weighted by molar-refractivity contribution is 5.76. The molecule has 1 saturated carbocycles. The monoisotopic (exact) mass is 284 g/mol. The summed E-state index contributed by atoms with van der Waals surface area (Å²) in [6.07, 6.45) is 4.72. The maximum Gasteiger partial charge on any atom is 0.223 e. The van der Waals surface area contributed by atoms with E-state index in [4.69, 9.17) is 10.5 Å². The van der Waals surface area contributed by atoms with Crippen LogP contribution in [0.15, 0.2) is 0 Å². The highest BCUT2D eigenvalue weighted by Gasteiger charge is 2.36. The van der Waals surface area contributed by atoms with Gasteiger partial charge in [0.25, 0.3) is 0 Å². The Balaban J connectivity index is 1.93. The van der Waals surface area contributed by atoms with Crippen LogP contribution in [0.1, 0.15) is 46.0 Å². The van der Waals surface area contributed by atoms with Crippen molar-refractivity contribution >= 4 is 5.91 Å². The van der Waals surface area contributed by atoms with E-state index in [2.05, 4.69) is 0 Å². The fourth-order valence-electron chi connectivity index (χ4n) is 3.42. The van der Waals surface area contributed by atoms with Crippen LogP contribution in [0, 0.1) is 5.92 Å². The van der Waals surface area contributed by atoms with E-state index in [1.807, 2.05) is 18.7 Å². The quantitative estimate of drug-likeness (QED) is 0.807. The molecule has 3 N–H and O–H groups in total. The molecule has 1 amide bonds. The first-order chi connectivity index (χ1) is 9.41. The van der Waals surface area contributed by atoms with Gasteiger partial charge in [0.1, 0.15) is 0 Å². The van der Waals surface area contributed by atoms with Gasteiger partial charge in [0.15, 0.2) is 0 Å². The number of morpholine rings is 1. The summed E-state index contributed by atoms with van der Waals surface area (Å²) in [5.41, 5.74) is 5.74. The summed E-state index contributed by atoms with van der Waals surface area (Å²) in [7, 11) is 0. The summed E-state index contributed by atoms with van der Waals surface area (Å²) in [6, 6.07) is 0.162. The summed E-state index contributed by atoms with van der Waals surface area (Å²) < 4.78 is 5.75. The van der Waals surface area contributed by atoms with Gasteiger partial charge in [-0.3, -0.25) is 4.79 Å². The van der Waals surface area contributed by atoms with Crippen molar-refractivity contribution < 1.29 is 14.6 Å². The number of carbonyl (C=O) groups is 1. The largest absolute Gasteiger partial charge is 0.394 e. The van der Waals surface area contributed by atoms with E-state index in [1.54, 1.807) is 0 Å². The fourth-order valence-corrected chi connectivity index (χ4v) is 3.42. The Bertz CT molecular complexity index is 346. The third-order valence-electron chi connectivity index (χ3n) is 4.44. The molecule has 1 saturated heterocycles. The molecule has 5 heteroatoms. The number of amides is 1. The molecule has 5 nitrogen and oxygen atoms in total. The molecule has 0 spiro atoms. The molecule has 0 aromatic rings. The van der Waals surface area contributed by atoms with Crippen LogP contribution < -0.4 is 5.73 Å². The summed E-state index contributed by atoms with van der Waals surface area (Å²) in [4.78, 5) is 14.3. The molecule has 3 atom stereocenters. The number of nitrogens with zero attached hydrogens (tertiary/aromatic N) is 1. The van der Waals surface area contributed by atoms with Crippen LogP contribution in [0.25, 0.3) is 0 Å². The molecule has 0 bridgehead atoms. The third-order valence-corrected chi connectivity index (χ3v) is 4.44. The summed E-state index contributed by atoms with van der Waals surface area (Å²) in [5.74, 6) is 0.469. The Morgan fingerprint density at radius 1 is 1.40 bits per heavy atom. The van der Waals surface area contributed by atoms with Gasteiger partial charge in [-0.2, -0.15) is 0 Å². The smallest absolute Gasteiger partial charge is 0.223 e. The minimum Gasteiger partial charge on any atom is -0.394 e. The molecule has 2 aliphatic rings. The van der Waals surface area contributed by atoms with E-state index >= 15 is 0 Å². The van der Waals surface area contributed by atoms with Crippen molar-refractivity contribution in [1.29, 1.82) is 0 Å². The number of rotatable bonds is 3. The normalized spacial score (nSPS) is 34.0. The second kappa shape index (κ2) is 6.41. The first-order valence-corrected chi connectivity index (χ1v) is 7.73. The predicted octanol–water partition coefficient (Wildman–Crippen LogP) is 0.892. The van der Waals surface area contributed by atoms with Gasteiger partial charge in [-0.1, -0.05) is 12.8 Å². The summed E-state index contributed by atoms with van der Waals surface area (Å²) in [6.45, 7) is 4.95. The van der Waals surface area contributed by atoms with Gasteiger partial charge in [-0.15, -0.1) is 0 Å². The Hall–Kier alpha value is -0.650. The van der Waals surface area contributed by atoms with Crippen LogP contribution in [-0.4, -0.2) is 53.4 Å². The number of ether oxygens (including phenoxy) is 1. The lowest BCUT2D eigenvalue weighted by Gasteiger charge is -2.43. The van der Waals surface area contributed by atoms with Crippen molar-refractivity contribution in [3.8, 4) is 0 Å². The van der Waals surface area contributed by atoms with Gasteiger partial charge in [0.05, 0.1) is 18.3 Å². The van der Waals surface area contributed by atoms with E-state index in [1.165, 1.54) is 12.8 Å². The van der Waals surface area contributed by atoms with Gasteiger partial charge >= 0.3 is 0 Å². The molecule has 2 fully saturated rings. The standard InChI is InChI=1S/C15H28N2O3/c1-15(2)10-17(8-12(9-18)20-15)14(19)7-11-5-3-4-6-13(11)16/h11-13,18H,3-10,16H2,1-2H3. The summed E-state index contributed by atoms with van der Waals surface area (Å²) in [5, 5.41) is 9.30. The van der Waals surface area contributed by atoms with Crippen molar-refractivity contribution in [3.05, 3.63) is 0 Å². The van der Waals surface area contributed by atoms with E-state index in [-0.39, 0.29) is 24.7 Å². The molecule has 0 aromatic heterocycles. The fraction of sp³-hybridized carbons (Fsp3) is 0.933. The zero-order valence-corrected chi connectivity index (χ0v) is 12.7. The van der Waals surface area contributed by atoms with E-state index < -0.39 is 5.60 Å². The molecule has 1 heterocycles. The molecular weight excluding hydrogens is 256 g/mol. The van der Waals surface area contributed by atoms with E-state index in [9.17, 15) is 9.90 Å². The first-order valence-electron chi connectivity index (χ1n) is 7.73. The van der Waals surface area contributed by atoms with E-state index in [0.717, 1.165) is 12.8 Å². The minimum absolute atomic E-state index is 0.0455. The number of aliphatic hydroxyl groups is 1. The summed E-state index contributed by atoms with van der Waals surface area (Å²) >= 11 is 0. The van der Waals surface area contributed by atoms with Gasteiger partial charge in [-0.05, 0) is 32.6 Å². The Labute approximate surface area is 121 Å². The van der Waals surface area contributed by atoms with Gasteiger partial charge in [0, 0.05) is 25.6 Å². The zero-order chi connectivity index (χ0) is 14.8. The molecule has 1 aliphatic carbocycles. The second-order valence-electron chi connectivity index (χ2n) is 6.87. The zero-order valence-electron chi connectivity index (χ0n) is 12.7. The molecule has 1 aliphatic heterocycles. The maximum absolute atomic E-state index is 12.5. The van der Waals surface area contributed by atoms with Crippen molar-refractivity contribution in [2.45, 2.75) is 63.7 Å². The highest BCUT2D eigenvalue weighted by Crippen LogP contribution is 2.28. The lowest BCUT2D eigenvalue weighted by Crippen LogP contribution is -2.56. The number of carbonyl (C=O) groups excluding carboxylic acids is 1. The average Bonchev–Trinajstić information content (AvgIpc) is 2.39. The lowest BCUT2D eigenvalue weighted by molar-refractivity contribution is -0.167. The van der Waals surface area contributed by atoms with Gasteiger partial charge < -0.3 is 20.5 Å². The number of nitrogens with two attached hydrogens (primary N) is 1. The van der Waals surface area contributed by atoms with E-state index in [0.29, 0.717) is 25.4 Å². The topological polar surface area (TPSA) is 75.8 Å². The Kier molecular flexibility index (Phi) is 5.04. The lowest BCUT2D eigenvalue weighted by atomic mass is 9.82. The van der Waals surface area contributed by atoms with Crippen LogP contribution in [0.3, 0.4) is 0 Å². The third kappa shape index (κ3) is 3.93. The van der Waals surface area contributed by atoms with Crippen LogP contribution in [0.5, 0.6) is 0 Å². The number of hydrogen-bond donors (Lipinski definition) is 2. The molecule has 2 rings (SSSR count). The molecule has 3 unspecified atom stereocenters. The van der Waals surface area contributed by atoms with Crippen LogP contribution in [0.2, 0.25) is 0 Å². The van der Waals surface area contributed by atoms with Crippen LogP contribution in [-0.2, 0) is 9.53 Å². The number of aliphatic hydroxyl groups excluding tert-OH is 1. The Morgan fingerprint density at radius 2 is 2.10 bits per heavy atom. The SMILES string of the molecule is CC1(C)CN(C(=O)CC2CCCCC2N)CC(CO)O1. The Morgan fingerprint density at radius 3 is 2.75 bits per heavy atom. The molecule has 116 valence electrons. The molecule has 20 heavy (non-hydrogen) atoms. The highest BCUT2D eigenvalue weighted by atomic mass is 16.5. The second-order valence-corrected chi connectivity index (χ2v) is 6.87. The maximum atomic E-state index is 12.5. The van der Waals surface area contributed by atoms with Crippen molar-refractivity contribution in [2.75, 3.05) is 19.7 Å². The number of hydrogen-bond acceptors (Lipinski definition) is 4. The van der Waals surface area contributed by atoms with Crippen molar-refractivity contribution in [1.82, 2.24) is 4.90 Å². The minimum atomic E-state index is -0.393. The molecular formula is C15H28N2O3. The first kappa shape index (κ1) is 15.7. The van der Waals surface area contributed by atoms with Gasteiger partial charge in [0.2, 0.25) is 5.91 Å². The average molecular weight is 284 g/mol. The molecule has 0 radical (unpaired) electrons. The van der Waals surface area contributed by atoms with Crippen molar-refractivity contribution in [3.63, 3.8) is 0 Å². The molecule has 0 aromatic carbocycles. The van der Waals surface area contributed by atoms with Crippen LogP contribution >= 0.6 is 0 Å². The van der Waals surface area contributed by atoms with Gasteiger partial charge in [-0.25, -0.2) is 0 Å². The van der Waals surface area contributed by atoms with Crippen LogP contribution in [0.4, 0.5) is 0 Å².